The minimum absolute atomic E-state index is 0.0680. The largest absolute Gasteiger partial charge is 0.378 e. The number of rotatable bonds is 6. The number of benzene rings is 1. The van der Waals surface area contributed by atoms with Crippen molar-refractivity contribution in [3.05, 3.63) is 29.8 Å². The van der Waals surface area contributed by atoms with Crippen molar-refractivity contribution >= 4 is 21.8 Å². The molecule has 2 saturated heterocycles. The van der Waals surface area contributed by atoms with E-state index >= 15 is 0 Å². The van der Waals surface area contributed by atoms with Gasteiger partial charge in [-0.15, -0.1) is 0 Å². The lowest BCUT2D eigenvalue weighted by molar-refractivity contribution is -0.141. The smallest absolute Gasteiger partial charge is 0.253 e. The Labute approximate surface area is 178 Å². The van der Waals surface area contributed by atoms with Crippen LogP contribution < -0.4 is 0 Å². The Bertz CT molecular complexity index is 855. The molecule has 30 heavy (non-hydrogen) atoms. The fourth-order valence-electron chi connectivity index (χ4n) is 4.06. The molecule has 2 fully saturated rings. The average Bonchev–Trinajstić information content (AvgIpc) is 2.79. The topological polar surface area (TPSA) is 87.2 Å². The summed E-state index contributed by atoms with van der Waals surface area (Å²) in [6.45, 7) is 7.74. The molecule has 2 amide bonds. The summed E-state index contributed by atoms with van der Waals surface area (Å²) in [7, 11) is -3.62. The average molecular weight is 438 g/mol. The van der Waals surface area contributed by atoms with Gasteiger partial charge < -0.3 is 14.5 Å². The van der Waals surface area contributed by atoms with Gasteiger partial charge in [0, 0.05) is 50.7 Å². The van der Waals surface area contributed by atoms with Crippen LogP contribution in [0.3, 0.4) is 0 Å². The zero-order valence-corrected chi connectivity index (χ0v) is 18.6. The molecular weight excluding hydrogens is 406 g/mol. The van der Waals surface area contributed by atoms with Crippen LogP contribution in [-0.2, 0) is 19.6 Å². The van der Waals surface area contributed by atoms with Crippen LogP contribution in [0.2, 0.25) is 0 Å². The number of sulfonamides is 1. The Morgan fingerprint density at radius 1 is 1.03 bits per heavy atom. The van der Waals surface area contributed by atoms with Crippen molar-refractivity contribution in [2.75, 3.05) is 52.5 Å². The van der Waals surface area contributed by atoms with Crippen molar-refractivity contribution in [1.82, 2.24) is 14.1 Å². The van der Waals surface area contributed by atoms with Gasteiger partial charge in [0.25, 0.3) is 5.91 Å². The van der Waals surface area contributed by atoms with Gasteiger partial charge in [0.1, 0.15) is 0 Å². The van der Waals surface area contributed by atoms with Gasteiger partial charge in [-0.25, -0.2) is 8.42 Å². The first kappa shape index (κ1) is 22.7. The van der Waals surface area contributed by atoms with Gasteiger partial charge in [0.2, 0.25) is 15.9 Å². The highest BCUT2D eigenvalue weighted by Gasteiger charge is 2.31. The van der Waals surface area contributed by atoms with Gasteiger partial charge in [-0.05, 0) is 31.0 Å². The van der Waals surface area contributed by atoms with Crippen molar-refractivity contribution < 1.29 is 22.7 Å². The van der Waals surface area contributed by atoms with E-state index in [1.165, 1.54) is 16.4 Å². The number of ether oxygens (including phenoxy) is 1. The minimum atomic E-state index is -3.62. The van der Waals surface area contributed by atoms with Gasteiger partial charge in [-0.2, -0.15) is 4.31 Å². The fraction of sp³-hybridized carbons (Fsp3) is 0.619. The summed E-state index contributed by atoms with van der Waals surface area (Å²) in [4.78, 5) is 29.3. The van der Waals surface area contributed by atoms with E-state index in [-0.39, 0.29) is 22.6 Å². The van der Waals surface area contributed by atoms with Gasteiger partial charge in [-0.3, -0.25) is 9.59 Å². The van der Waals surface area contributed by atoms with Crippen LogP contribution >= 0.6 is 0 Å². The van der Waals surface area contributed by atoms with Crippen LogP contribution in [0, 0.1) is 5.92 Å². The Kier molecular flexibility index (Phi) is 7.49. The van der Waals surface area contributed by atoms with Crippen LogP contribution in [0.1, 0.15) is 37.0 Å². The molecular formula is C21H31N3O5S. The van der Waals surface area contributed by atoms with Crippen LogP contribution in [0.25, 0.3) is 0 Å². The van der Waals surface area contributed by atoms with E-state index in [1.54, 1.807) is 30.9 Å². The number of hydrogen-bond acceptors (Lipinski definition) is 5. The highest BCUT2D eigenvalue weighted by Crippen LogP contribution is 2.23. The Hall–Kier alpha value is -1.97. The minimum Gasteiger partial charge on any atom is -0.378 e. The fourth-order valence-corrected chi connectivity index (χ4v) is 5.56. The predicted molar refractivity (Wildman–Crippen MR) is 113 cm³/mol. The van der Waals surface area contributed by atoms with E-state index in [0.29, 0.717) is 70.9 Å². The molecule has 166 valence electrons. The maximum atomic E-state index is 13.0. The predicted octanol–water partition coefficient (Wildman–Crippen LogP) is 1.43. The number of carbonyl (C=O) groups is 2. The van der Waals surface area contributed by atoms with Crippen molar-refractivity contribution in [3.8, 4) is 0 Å². The summed E-state index contributed by atoms with van der Waals surface area (Å²) >= 11 is 0. The van der Waals surface area contributed by atoms with E-state index < -0.39 is 10.0 Å². The Balaban J connectivity index is 1.65. The molecule has 0 aliphatic carbocycles. The summed E-state index contributed by atoms with van der Waals surface area (Å²) in [5.41, 5.74) is 0.362. The number of morpholine rings is 1. The standard InChI is InChI=1S/C21H31N3O5S/c1-3-24(4-2)30(27,28)19-7-5-6-18(16-19)21(26)22-10-8-17(9-11-22)20(25)23-12-14-29-15-13-23/h5-7,16-17H,3-4,8-15H2,1-2H3. The normalized spacial score (nSPS) is 18.6. The molecule has 1 aromatic carbocycles. The SMILES string of the molecule is CCN(CC)S(=O)(=O)c1cccc(C(=O)N2CCC(C(=O)N3CCOCC3)CC2)c1. The maximum Gasteiger partial charge on any atom is 0.253 e. The second-order valence-corrected chi connectivity index (χ2v) is 9.56. The van der Waals surface area contributed by atoms with E-state index in [9.17, 15) is 18.0 Å². The second-order valence-electron chi connectivity index (χ2n) is 7.62. The molecule has 0 atom stereocenters. The molecule has 0 bridgehead atoms. The molecule has 8 nitrogen and oxygen atoms in total. The molecule has 0 N–H and O–H groups in total. The van der Waals surface area contributed by atoms with Crippen LogP contribution in [0.4, 0.5) is 0 Å². The van der Waals surface area contributed by atoms with Crippen LogP contribution in [0.5, 0.6) is 0 Å². The highest BCUT2D eigenvalue weighted by molar-refractivity contribution is 7.89. The number of likely N-dealkylation sites (tertiary alicyclic amines) is 1. The molecule has 2 heterocycles. The summed E-state index contributed by atoms with van der Waals surface area (Å²) in [5, 5.41) is 0. The third-order valence-electron chi connectivity index (χ3n) is 5.88. The zero-order valence-electron chi connectivity index (χ0n) is 17.7. The third kappa shape index (κ3) is 4.84. The first-order chi connectivity index (χ1) is 14.4. The molecule has 3 rings (SSSR count). The van der Waals surface area contributed by atoms with E-state index in [1.807, 2.05) is 4.90 Å². The van der Waals surface area contributed by atoms with Gasteiger partial charge in [-0.1, -0.05) is 19.9 Å². The Morgan fingerprint density at radius 3 is 2.27 bits per heavy atom. The van der Waals surface area contributed by atoms with Crippen molar-refractivity contribution in [2.24, 2.45) is 5.92 Å². The number of hydrogen-bond donors (Lipinski definition) is 0. The zero-order chi connectivity index (χ0) is 21.7. The molecule has 2 aliphatic rings. The number of nitrogens with zero attached hydrogens (tertiary/aromatic N) is 3. The lowest BCUT2D eigenvalue weighted by atomic mass is 9.94. The molecule has 0 saturated carbocycles. The maximum absolute atomic E-state index is 13.0. The molecule has 0 spiro atoms. The summed E-state index contributed by atoms with van der Waals surface area (Å²) < 4.78 is 32.2. The van der Waals surface area contributed by atoms with E-state index in [0.717, 1.165) is 0 Å². The summed E-state index contributed by atoms with van der Waals surface area (Å²) in [6.07, 6.45) is 1.25. The molecule has 2 aliphatic heterocycles. The summed E-state index contributed by atoms with van der Waals surface area (Å²) in [5.74, 6) is -0.108. The van der Waals surface area contributed by atoms with Crippen LogP contribution in [0.15, 0.2) is 29.2 Å². The van der Waals surface area contributed by atoms with Crippen molar-refractivity contribution in [2.45, 2.75) is 31.6 Å². The quantitative estimate of drug-likeness (QED) is 0.672. The van der Waals surface area contributed by atoms with E-state index in [4.69, 9.17) is 4.74 Å². The van der Waals surface area contributed by atoms with Gasteiger partial charge in [0.05, 0.1) is 18.1 Å². The number of piperidine rings is 1. The molecule has 0 aromatic heterocycles. The number of carbonyl (C=O) groups excluding carboxylic acids is 2. The van der Waals surface area contributed by atoms with Crippen molar-refractivity contribution in [1.29, 1.82) is 0 Å². The summed E-state index contributed by atoms with van der Waals surface area (Å²) in [6, 6.07) is 6.24. The molecule has 9 heteroatoms. The Morgan fingerprint density at radius 2 is 1.67 bits per heavy atom. The van der Waals surface area contributed by atoms with Crippen molar-refractivity contribution in [3.63, 3.8) is 0 Å². The monoisotopic (exact) mass is 437 g/mol. The van der Waals surface area contributed by atoms with Crippen LogP contribution in [-0.4, -0.2) is 86.8 Å². The lowest BCUT2D eigenvalue weighted by Crippen LogP contribution is -2.47. The van der Waals surface area contributed by atoms with Gasteiger partial charge in [0.15, 0.2) is 0 Å². The van der Waals surface area contributed by atoms with E-state index in [2.05, 4.69) is 0 Å². The lowest BCUT2D eigenvalue weighted by Gasteiger charge is -2.35. The first-order valence-electron chi connectivity index (χ1n) is 10.6. The molecule has 0 unspecified atom stereocenters. The van der Waals surface area contributed by atoms with Gasteiger partial charge >= 0.3 is 0 Å². The second kappa shape index (κ2) is 9.89. The molecule has 0 radical (unpaired) electrons. The number of amides is 2. The third-order valence-corrected chi connectivity index (χ3v) is 7.92. The molecule has 1 aromatic rings. The highest BCUT2D eigenvalue weighted by atomic mass is 32.2. The first-order valence-corrected chi connectivity index (χ1v) is 12.1.